The van der Waals surface area contributed by atoms with Gasteiger partial charge >= 0.3 is 0 Å². The van der Waals surface area contributed by atoms with E-state index in [1.54, 1.807) is 11.8 Å². The smallest absolute Gasteiger partial charge is 0.255 e. The standard InChI is InChI=1S/C31H32BrN5O2S/c1-5-17-40-31-35-30-33-21(4)27(29(38)34-26-8-6-7-19(2)20(26)3)28(37(30)36-31)23-11-15-25(16-12-23)39-18-22-9-13-24(32)14-10-22/h6-16,28H,5,17-18H2,1-4H3,(H,34,38)(H,33,35,36). The van der Waals surface area contributed by atoms with Crippen molar-refractivity contribution < 1.29 is 9.53 Å². The number of hydrogen-bond donors (Lipinski definition) is 2. The van der Waals surface area contributed by atoms with Crippen molar-refractivity contribution in [2.45, 2.75) is 51.9 Å². The molecule has 1 aliphatic rings. The zero-order valence-electron chi connectivity index (χ0n) is 23.0. The molecule has 3 aromatic carbocycles. The van der Waals surface area contributed by atoms with Gasteiger partial charge in [-0.05, 0) is 79.8 Å². The molecule has 2 heterocycles. The molecule has 0 saturated carbocycles. The normalized spacial score (nSPS) is 14.5. The number of carbonyl (C=O) groups excluding carboxylic acids is 1. The van der Waals surface area contributed by atoms with Crippen LogP contribution in [0.2, 0.25) is 0 Å². The molecule has 206 valence electrons. The van der Waals surface area contributed by atoms with Gasteiger partial charge in [-0.2, -0.15) is 4.98 Å². The average molecular weight is 619 g/mol. The van der Waals surface area contributed by atoms with E-state index >= 15 is 0 Å². The first-order valence-electron chi connectivity index (χ1n) is 13.3. The molecule has 0 bridgehead atoms. The van der Waals surface area contributed by atoms with Gasteiger partial charge in [-0.1, -0.05) is 71.0 Å². The molecule has 0 saturated heterocycles. The molecule has 40 heavy (non-hydrogen) atoms. The number of allylic oxidation sites excluding steroid dienone is 1. The second-order valence-corrected chi connectivity index (χ2v) is 11.7. The van der Waals surface area contributed by atoms with Crippen LogP contribution in [0.1, 0.15) is 48.6 Å². The number of hydrogen-bond acceptors (Lipinski definition) is 6. The fraction of sp³-hybridized carbons (Fsp3) is 0.258. The van der Waals surface area contributed by atoms with E-state index in [0.29, 0.717) is 23.3 Å². The molecule has 5 rings (SSSR count). The average Bonchev–Trinajstić information content (AvgIpc) is 3.36. The van der Waals surface area contributed by atoms with Crippen molar-refractivity contribution in [2.75, 3.05) is 16.4 Å². The van der Waals surface area contributed by atoms with Gasteiger partial charge < -0.3 is 15.4 Å². The lowest BCUT2D eigenvalue weighted by atomic mass is 9.94. The summed E-state index contributed by atoms with van der Waals surface area (Å²) < 4.78 is 8.89. The summed E-state index contributed by atoms with van der Waals surface area (Å²) in [6.07, 6.45) is 1.02. The van der Waals surface area contributed by atoms with Crippen LogP contribution in [0.4, 0.5) is 11.6 Å². The second-order valence-electron chi connectivity index (χ2n) is 9.76. The van der Waals surface area contributed by atoms with Gasteiger partial charge in [0.15, 0.2) is 0 Å². The quantitative estimate of drug-likeness (QED) is 0.188. The molecule has 2 N–H and O–H groups in total. The minimum absolute atomic E-state index is 0.178. The van der Waals surface area contributed by atoms with Crippen LogP contribution in [0.25, 0.3) is 0 Å². The number of halogens is 1. The van der Waals surface area contributed by atoms with Gasteiger partial charge in [-0.15, -0.1) is 5.10 Å². The molecule has 0 radical (unpaired) electrons. The van der Waals surface area contributed by atoms with Gasteiger partial charge in [0.25, 0.3) is 5.91 Å². The first-order valence-corrected chi connectivity index (χ1v) is 15.0. The van der Waals surface area contributed by atoms with Crippen LogP contribution in [0, 0.1) is 13.8 Å². The Morgan fingerprint density at radius 2 is 1.82 bits per heavy atom. The van der Waals surface area contributed by atoms with E-state index in [1.807, 2.05) is 92.2 Å². The van der Waals surface area contributed by atoms with Crippen molar-refractivity contribution in [3.63, 3.8) is 0 Å². The van der Waals surface area contributed by atoms with E-state index in [2.05, 4.69) is 33.5 Å². The number of fused-ring (bicyclic) bond motifs is 1. The van der Waals surface area contributed by atoms with E-state index < -0.39 is 6.04 Å². The molecule has 1 unspecified atom stereocenters. The van der Waals surface area contributed by atoms with Crippen molar-refractivity contribution in [3.05, 3.63) is 105 Å². The molecule has 1 amide bonds. The van der Waals surface area contributed by atoms with Gasteiger partial charge in [-0.25, -0.2) is 4.68 Å². The Kier molecular flexibility index (Phi) is 8.61. The number of nitrogens with one attached hydrogen (secondary N) is 2. The fourth-order valence-electron chi connectivity index (χ4n) is 4.56. The van der Waals surface area contributed by atoms with Crippen LogP contribution in [-0.2, 0) is 11.4 Å². The lowest BCUT2D eigenvalue weighted by molar-refractivity contribution is -0.113. The van der Waals surface area contributed by atoms with Crippen molar-refractivity contribution in [3.8, 4) is 5.75 Å². The Balaban J connectivity index is 1.46. The monoisotopic (exact) mass is 617 g/mol. The summed E-state index contributed by atoms with van der Waals surface area (Å²) in [5, 5.41) is 12.0. The van der Waals surface area contributed by atoms with Crippen LogP contribution in [-0.4, -0.2) is 26.4 Å². The van der Waals surface area contributed by atoms with Crippen molar-refractivity contribution in [1.29, 1.82) is 0 Å². The molecule has 0 aliphatic carbocycles. The predicted octanol–water partition coefficient (Wildman–Crippen LogP) is 7.67. The summed E-state index contributed by atoms with van der Waals surface area (Å²) >= 11 is 5.08. The van der Waals surface area contributed by atoms with Gasteiger partial charge in [0.2, 0.25) is 11.1 Å². The highest BCUT2D eigenvalue weighted by atomic mass is 79.9. The van der Waals surface area contributed by atoms with E-state index in [9.17, 15) is 4.79 Å². The summed E-state index contributed by atoms with van der Waals surface area (Å²) in [5.74, 6) is 2.12. The summed E-state index contributed by atoms with van der Waals surface area (Å²) in [6, 6.07) is 21.4. The maximum absolute atomic E-state index is 13.9. The molecule has 9 heteroatoms. The zero-order chi connectivity index (χ0) is 28.2. The number of thioether (sulfide) groups is 1. The van der Waals surface area contributed by atoms with Crippen LogP contribution < -0.4 is 15.4 Å². The fourth-order valence-corrected chi connectivity index (χ4v) is 5.51. The van der Waals surface area contributed by atoms with Crippen molar-refractivity contribution in [2.24, 2.45) is 0 Å². The number of aryl methyl sites for hydroxylation is 1. The van der Waals surface area contributed by atoms with Crippen LogP contribution in [0.5, 0.6) is 5.75 Å². The maximum Gasteiger partial charge on any atom is 0.255 e. The Bertz CT molecular complexity index is 1550. The number of ether oxygens (including phenoxy) is 1. The second kappa shape index (κ2) is 12.3. The minimum atomic E-state index is -0.453. The molecule has 1 aliphatic heterocycles. The first-order chi connectivity index (χ1) is 19.3. The minimum Gasteiger partial charge on any atom is -0.489 e. The van der Waals surface area contributed by atoms with E-state index in [-0.39, 0.29) is 5.91 Å². The molecule has 7 nitrogen and oxygen atoms in total. The Labute approximate surface area is 247 Å². The highest BCUT2D eigenvalue weighted by molar-refractivity contribution is 9.10. The van der Waals surface area contributed by atoms with Gasteiger partial charge in [0.05, 0.1) is 5.57 Å². The van der Waals surface area contributed by atoms with Crippen molar-refractivity contribution >= 4 is 45.2 Å². The Hall–Kier alpha value is -3.56. The summed E-state index contributed by atoms with van der Waals surface area (Å²) in [7, 11) is 0. The highest BCUT2D eigenvalue weighted by Crippen LogP contribution is 2.37. The third-order valence-corrected chi connectivity index (χ3v) is 8.45. The Morgan fingerprint density at radius 3 is 2.55 bits per heavy atom. The van der Waals surface area contributed by atoms with Gasteiger partial charge in [-0.3, -0.25) is 4.79 Å². The van der Waals surface area contributed by atoms with Gasteiger partial charge in [0.1, 0.15) is 18.4 Å². The van der Waals surface area contributed by atoms with Gasteiger partial charge in [0, 0.05) is 21.6 Å². The third-order valence-electron chi connectivity index (χ3n) is 6.88. The summed E-state index contributed by atoms with van der Waals surface area (Å²) in [4.78, 5) is 18.6. The van der Waals surface area contributed by atoms with Crippen LogP contribution >= 0.6 is 27.7 Å². The molecule has 4 aromatic rings. The zero-order valence-corrected chi connectivity index (χ0v) is 25.4. The lowest BCUT2D eigenvalue weighted by Crippen LogP contribution is -2.31. The molecular weight excluding hydrogens is 586 g/mol. The number of anilines is 2. The molecule has 0 fully saturated rings. The summed E-state index contributed by atoms with van der Waals surface area (Å²) in [6.45, 7) is 8.57. The first kappa shape index (κ1) is 28.0. The van der Waals surface area contributed by atoms with Crippen LogP contribution in [0.15, 0.2) is 87.6 Å². The largest absolute Gasteiger partial charge is 0.489 e. The highest BCUT2D eigenvalue weighted by Gasteiger charge is 2.34. The molecule has 0 spiro atoms. The molecule has 1 aromatic heterocycles. The molecule has 1 atom stereocenters. The number of rotatable bonds is 9. The van der Waals surface area contributed by atoms with E-state index in [4.69, 9.17) is 14.8 Å². The SMILES string of the molecule is CCCSc1nc2n(n1)C(c1ccc(OCc3ccc(Br)cc3)cc1)C(C(=O)Nc1cccc(C)c1C)=C(C)N2. The lowest BCUT2D eigenvalue weighted by Gasteiger charge is -2.29. The van der Waals surface area contributed by atoms with E-state index in [1.165, 1.54) is 0 Å². The van der Waals surface area contributed by atoms with Crippen LogP contribution in [0.3, 0.4) is 0 Å². The number of benzene rings is 3. The topological polar surface area (TPSA) is 81.1 Å². The number of carbonyl (C=O) groups is 1. The van der Waals surface area contributed by atoms with Crippen molar-refractivity contribution in [1.82, 2.24) is 14.8 Å². The Morgan fingerprint density at radius 1 is 1.07 bits per heavy atom. The number of amides is 1. The van der Waals surface area contributed by atoms with E-state index in [0.717, 1.165) is 56.0 Å². The predicted molar refractivity (Wildman–Crippen MR) is 165 cm³/mol. The maximum atomic E-state index is 13.9. The third kappa shape index (κ3) is 6.10. The molecular formula is C31H32BrN5O2S. The number of nitrogens with zero attached hydrogens (tertiary/aromatic N) is 3. The summed E-state index contributed by atoms with van der Waals surface area (Å²) in [5.41, 5.74) is 6.30. The number of aromatic nitrogens is 3.